The molecule has 0 aromatic heterocycles. The van der Waals surface area contributed by atoms with Gasteiger partial charge in [0.15, 0.2) is 6.04 Å². The maximum atomic E-state index is 10.9. The lowest BCUT2D eigenvalue weighted by Crippen LogP contribution is -2.35. The van der Waals surface area contributed by atoms with Crippen molar-refractivity contribution < 1.29 is 19.8 Å². The molecule has 1 rings (SSSR count). The Balaban J connectivity index is 2.84. The highest BCUT2D eigenvalue weighted by Gasteiger charge is 2.20. The number of aliphatic hydroxyl groups is 1. The molecule has 0 aliphatic heterocycles. The number of benzene rings is 1. The van der Waals surface area contributed by atoms with Gasteiger partial charge in [-0.2, -0.15) is 0 Å². The first-order valence-electron chi connectivity index (χ1n) is 4.33. The molecule has 5 heteroatoms. The Labute approximate surface area is 86.4 Å². The van der Waals surface area contributed by atoms with E-state index in [1.54, 1.807) is 30.3 Å². The van der Waals surface area contributed by atoms with E-state index in [4.69, 9.17) is 10.2 Å². The molecule has 0 heterocycles. The van der Waals surface area contributed by atoms with Gasteiger partial charge in [-0.1, -0.05) is 30.3 Å². The van der Waals surface area contributed by atoms with E-state index in [0.717, 1.165) is 0 Å². The van der Waals surface area contributed by atoms with Crippen LogP contribution in [0.5, 0.6) is 0 Å². The van der Waals surface area contributed by atoms with Gasteiger partial charge in [-0.15, -0.1) is 0 Å². The minimum absolute atomic E-state index is 0.465. The predicted octanol–water partition coefficient (Wildman–Crippen LogP) is -0.0792. The van der Waals surface area contributed by atoms with Crippen LogP contribution in [0.4, 0.5) is 0 Å². The smallest absolute Gasteiger partial charge is 0.330 e. The molecule has 1 aromatic rings. The normalized spacial score (nSPS) is 11.8. The number of hydrogen-bond donors (Lipinski definition) is 3. The summed E-state index contributed by atoms with van der Waals surface area (Å²) in [6, 6.07) is 7.17. The number of carboxylic acids is 1. The van der Waals surface area contributed by atoms with Crippen molar-refractivity contribution in [3.8, 4) is 0 Å². The molecule has 0 aliphatic rings. The molecular formula is C10H11NO4. The topological polar surface area (TPSA) is 86.6 Å². The van der Waals surface area contributed by atoms with Gasteiger partial charge >= 0.3 is 5.97 Å². The van der Waals surface area contributed by atoms with E-state index in [2.05, 4.69) is 5.32 Å². The van der Waals surface area contributed by atoms with Gasteiger partial charge in [0.25, 0.3) is 0 Å². The lowest BCUT2D eigenvalue weighted by atomic mass is 10.1. The van der Waals surface area contributed by atoms with Crippen LogP contribution < -0.4 is 5.32 Å². The first kappa shape index (κ1) is 11.2. The van der Waals surface area contributed by atoms with Gasteiger partial charge in [0.2, 0.25) is 5.91 Å². The molecule has 0 bridgehead atoms. The third kappa shape index (κ3) is 3.07. The summed E-state index contributed by atoms with van der Waals surface area (Å²) in [6.07, 6.45) is 0. The fourth-order valence-electron chi connectivity index (χ4n) is 1.14. The molecule has 0 spiro atoms. The van der Waals surface area contributed by atoms with Crippen molar-refractivity contribution in [3.05, 3.63) is 35.9 Å². The van der Waals surface area contributed by atoms with E-state index < -0.39 is 24.5 Å². The Hall–Kier alpha value is -1.88. The van der Waals surface area contributed by atoms with Crippen LogP contribution >= 0.6 is 0 Å². The van der Waals surface area contributed by atoms with E-state index in [1.165, 1.54) is 0 Å². The second-order valence-electron chi connectivity index (χ2n) is 2.91. The first-order valence-corrected chi connectivity index (χ1v) is 4.33. The van der Waals surface area contributed by atoms with E-state index in [0.29, 0.717) is 5.56 Å². The summed E-state index contributed by atoms with van der Waals surface area (Å²) in [5.74, 6) is -1.88. The first-order chi connectivity index (χ1) is 7.15. The fraction of sp³-hybridized carbons (Fsp3) is 0.200. The Bertz CT molecular complexity index is 350. The fourth-order valence-corrected chi connectivity index (χ4v) is 1.14. The van der Waals surface area contributed by atoms with E-state index >= 15 is 0 Å². The van der Waals surface area contributed by atoms with Gasteiger partial charge in [-0.3, -0.25) is 4.79 Å². The largest absolute Gasteiger partial charge is 0.479 e. The summed E-state index contributed by atoms with van der Waals surface area (Å²) >= 11 is 0. The van der Waals surface area contributed by atoms with Crippen LogP contribution in [0.25, 0.3) is 0 Å². The maximum absolute atomic E-state index is 10.9. The average Bonchev–Trinajstić information content (AvgIpc) is 2.26. The summed E-state index contributed by atoms with van der Waals surface area (Å²) in [4.78, 5) is 21.7. The quantitative estimate of drug-likeness (QED) is 0.647. The third-order valence-corrected chi connectivity index (χ3v) is 1.83. The molecule has 5 nitrogen and oxygen atoms in total. The number of aliphatic carboxylic acids is 1. The van der Waals surface area contributed by atoms with Crippen molar-refractivity contribution in [2.45, 2.75) is 6.04 Å². The molecule has 0 saturated carbocycles. The maximum Gasteiger partial charge on any atom is 0.330 e. The second kappa shape index (κ2) is 5.11. The molecule has 15 heavy (non-hydrogen) atoms. The van der Waals surface area contributed by atoms with E-state index in [-0.39, 0.29) is 0 Å². The minimum atomic E-state index is -1.16. The molecule has 0 aliphatic carbocycles. The predicted molar refractivity (Wildman–Crippen MR) is 52.0 cm³/mol. The summed E-state index contributed by atoms with van der Waals surface area (Å²) < 4.78 is 0. The van der Waals surface area contributed by atoms with Gasteiger partial charge in [0, 0.05) is 0 Å². The zero-order chi connectivity index (χ0) is 11.3. The highest BCUT2D eigenvalue weighted by Crippen LogP contribution is 2.12. The molecule has 1 atom stereocenters. The molecule has 0 fully saturated rings. The van der Waals surface area contributed by atoms with E-state index in [9.17, 15) is 9.59 Å². The number of rotatable bonds is 4. The van der Waals surface area contributed by atoms with Crippen LogP contribution in [0.15, 0.2) is 30.3 Å². The summed E-state index contributed by atoms with van der Waals surface area (Å²) in [5.41, 5.74) is 0.465. The number of carbonyl (C=O) groups excluding carboxylic acids is 1. The number of carboxylic acid groups (broad SMARTS) is 1. The van der Waals surface area contributed by atoms with E-state index in [1.807, 2.05) is 0 Å². The van der Waals surface area contributed by atoms with Crippen molar-refractivity contribution >= 4 is 11.9 Å². The number of aliphatic hydroxyl groups excluding tert-OH is 1. The van der Waals surface area contributed by atoms with Crippen LogP contribution in [0.3, 0.4) is 0 Å². The van der Waals surface area contributed by atoms with Crippen molar-refractivity contribution in [3.63, 3.8) is 0 Å². The third-order valence-electron chi connectivity index (χ3n) is 1.83. The van der Waals surface area contributed by atoms with Crippen molar-refractivity contribution in [1.82, 2.24) is 5.32 Å². The number of amides is 1. The van der Waals surface area contributed by atoms with Gasteiger partial charge in [-0.25, -0.2) is 4.79 Å². The zero-order valence-corrected chi connectivity index (χ0v) is 7.88. The SMILES string of the molecule is O=C(CO)N[C@@H](C(=O)O)c1ccccc1. The van der Waals surface area contributed by atoms with Crippen molar-refractivity contribution in [1.29, 1.82) is 0 Å². The van der Waals surface area contributed by atoms with Crippen LogP contribution in [0.2, 0.25) is 0 Å². The number of carbonyl (C=O) groups is 2. The van der Waals surface area contributed by atoms with Crippen LogP contribution in [-0.2, 0) is 9.59 Å². The van der Waals surface area contributed by atoms with Crippen LogP contribution in [0.1, 0.15) is 11.6 Å². The van der Waals surface area contributed by atoms with Crippen molar-refractivity contribution in [2.75, 3.05) is 6.61 Å². The molecule has 1 aromatic carbocycles. The lowest BCUT2D eigenvalue weighted by molar-refractivity contribution is -0.142. The Morgan fingerprint density at radius 1 is 1.27 bits per heavy atom. The Morgan fingerprint density at radius 2 is 1.87 bits per heavy atom. The van der Waals surface area contributed by atoms with Gasteiger partial charge in [0.1, 0.15) is 6.61 Å². The zero-order valence-electron chi connectivity index (χ0n) is 7.88. The molecule has 1 amide bonds. The standard InChI is InChI=1S/C10H11NO4/c12-6-8(13)11-9(10(14)15)7-4-2-1-3-5-7/h1-5,9,12H,6H2,(H,11,13)(H,14,15)/t9-/m1/s1. The summed E-state index contributed by atoms with van der Waals surface area (Å²) in [5, 5.41) is 19.6. The molecule has 0 unspecified atom stereocenters. The molecular weight excluding hydrogens is 198 g/mol. The summed E-state index contributed by atoms with van der Waals surface area (Å²) in [7, 11) is 0. The van der Waals surface area contributed by atoms with Crippen LogP contribution in [0, 0.1) is 0 Å². The second-order valence-corrected chi connectivity index (χ2v) is 2.91. The number of hydrogen-bond acceptors (Lipinski definition) is 3. The Kier molecular flexibility index (Phi) is 3.82. The average molecular weight is 209 g/mol. The van der Waals surface area contributed by atoms with Gasteiger partial charge < -0.3 is 15.5 Å². The minimum Gasteiger partial charge on any atom is -0.479 e. The Morgan fingerprint density at radius 3 is 2.33 bits per heavy atom. The highest BCUT2D eigenvalue weighted by atomic mass is 16.4. The van der Waals surface area contributed by atoms with Gasteiger partial charge in [-0.05, 0) is 5.56 Å². The number of nitrogens with one attached hydrogen (secondary N) is 1. The lowest BCUT2D eigenvalue weighted by Gasteiger charge is -2.13. The molecule has 3 N–H and O–H groups in total. The molecule has 0 saturated heterocycles. The highest BCUT2D eigenvalue weighted by molar-refractivity contribution is 5.84. The monoisotopic (exact) mass is 209 g/mol. The summed E-state index contributed by atoms with van der Waals surface area (Å²) in [6.45, 7) is -0.726. The molecule has 80 valence electrons. The van der Waals surface area contributed by atoms with Crippen LogP contribution in [-0.4, -0.2) is 28.7 Å². The van der Waals surface area contributed by atoms with Gasteiger partial charge in [0.05, 0.1) is 0 Å². The molecule has 0 radical (unpaired) electrons. The van der Waals surface area contributed by atoms with Crippen molar-refractivity contribution in [2.24, 2.45) is 0 Å².